The lowest BCUT2D eigenvalue weighted by Gasteiger charge is -2.11. The molecule has 0 unspecified atom stereocenters. The Morgan fingerprint density at radius 1 is 1.27 bits per heavy atom. The van der Waals surface area contributed by atoms with Gasteiger partial charge in [-0.15, -0.1) is 0 Å². The smallest absolute Gasteiger partial charge is 0.240 e. The first-order valence-electron chi connectivity index (χ1n) is 6.88. The molecule has 1 aliphatic rings. The van der Waals surface area contributed by atoms with E-state index in [0.29, 0.717) is 18.5 Å². The number of amides is 1. The second-order valence-corrected chi connectivity index (χ2v) is 4.95. The van der Waals surface area contributed by atoms with Crippen LogP contribution < -0.4 is 5.43 Å². The fourth-order valence-electron chi connectivity index (χ4n) is 2.00. The van der Waals surface area contributed by atoms with Crippen molar-refractivity contribution in [2.24, 2.45) is 10.1 Å². The fraction of sp³-hybridized carbons (Fsp3) is 0.250. The van der Waals surface area contributed by atoms with Gasteiger partial charge in [0, 0.05) is 19.1 Å². The number of carbonyl (C=O) groups excluding carboxylic acids is 2. The molecule has 2 rings (SSSR count). The van der Waals surface area contributed by atoms with Crippen molar-refractivity contribution in [3.63, 3.8) is 0 Å². The first-order valence-corrected chi connectivity index (χ1v) is 6.88. The van der Waals surface area contributed by atoms with Gasteiger partial charge in [-0.2, -0.15) is 5.10 Å². The minimum Gasteiger partial charge on any atom is -0.512 e. The number of Topliss-reactive ketones (excluding diaryl/α,β-unsaturated/α-hetero) is 1. The van der Waals surface area contributed by atoms with Gasteiger partial charge in [-0.05, 0) is 31.5 Å². The largest absolute Gasteiger partial charge is 0.512 e. The normalized spacial score (nSPS) is 16.1. The minimum atomic E-state index is -0.243. The molecule has 1 amide bonds. The monoisotopic (exact) mass is 299 g/mol. The first kappa shape index (κ1) is 15.6. The highest BCUT2D eigenvalue weighted by molar-refractivity contribution is 6.13. The Hall–Kier alpha value is -2.76. The van der Waals surface area contributed by atoms with Gasteiger partial charge in [0.25, 0.3) is 0 Å². The summed E-state index contributed by atoms with van der Waals surface area (Å²) in [6.07, 6.45) is 2.39. The van der Waals surface area contributed by atoms with Gasteiger partial charge in [0.2, 0.25) is 5.91 Å². The Balaban J connectivity index is 2.14. The second kappa shape index (κ2) is 6.80. The molecule has 6 nitrogen and oxygen atoms in total. The average Bonchev–Trinajstić information content (AvgIpc) is 2.48. The molecule has 0 fully saturated rings. The number of hydrogen-bond donors (Lipinski definition) is 2. The van der Waals surface area contributed by atoms with Crippen LogP contribution in [-0.2, 0) is 9.59 Å². The van der Waals surface area contributed by atoms with Gasteiger partial charge in [0.05, 0.1) is 17.0 Å². The Morgan fingerprint density at radius 2 is 1.95 bits per heavy atom. The number of nitrogens with zero attached hydrogens (tertiary/aromatic N) is 2. The highest BCUT2D eigenvalue weighted by atomic mass is 16.3. The van der Waals surface area contributed by atoms with E-state index >= 15 is 0 Å². The predicted octanol–water partition coefficient (Wildman–Crippen LogP) is 2.42. The highest BCUT2D eigenvalue weighted by Crippen LogP contribution is 2.16. The number of nitrogens with one attached hydrogen (secondary N) is 1. The molecule has 2 N–H and O–H groups in total. The molecule has 1 aromatic carbocycles. The highest BCUT2D eigenvalue weighted by Gasteiger charge is 2.12. The van der Waals surface area contributed by atoms with Gasteiger partial charge in [-0.25, -0.2) is 5.43 Å². The van der Waals surface area contributed by atoms with Crippen molar-refractivity contribution in [2.75, 3.05) is 0 Å². The van der Waals surface area contributed by atoms with Crippen LogP contribution in [0.1, 0.15) is 32.3 Å². The number of rotatable bonds is 4. The number of aliphatic hydroxyl groups is 1. The van der Waals surface area contributed by atoms with Crippen LogP contribution in [0.4, 0.5) is 5.69 Å². The summed E-state index contributed by atoms with van der Waals surface area (Å²) >= 11 is 0. The number of aliphatic hydroxyl groups excluding tert-OH is 1. The number of carbonyl (C=O) groups is 2. The minimum absolute atomic E-state index is 0.0554. The zero-order valence-corrected chi connectivity index (χ0v) is 12.5. The Morgan fingerprint density at radius 3 is 2.45 bits per heavy atom. The van der Waals surface area contributed by atoms with Crippen LogP contribution >= 0.6 is 0 Å². The van der Waals surface area contributed by atoms with Crippen molar-refractivity contribution < 1.29 is 14.7 Å². The number of ketones is 1. The van der Waals surface area contributed by atoms with E-state index in [1.807, 2.05) is 12.1 Å². The van der Waals surface area contributed by atoms with E-state index in [2.05, 4.69) is 15.5 Å². The maximum absolute atomic E-state index is 11.3. The first-order chi connectivity index (χ1) is 10.5. The van der Waals surface area contributed by atoms with Crippen molar-refractivity contribution in [2.45, 2.75) is 26.7 Å². The van der Waals surface area contributed by atoms with Gasteiger partial charge >= 0.3 is 0 Å². The standard InChI is InChI=1S/C16H17N3O3/c1-10(20)14(11(2)21)9-17-13-5-3-12(4-6-13)15-7-8-16(22)19-18-15/h3-6,9,20H,7-8H2,1-2H3,(H,19,22). The van der Waals surface area contributed by atoms with Crippen molar-refractivity contribution in [1.82, 2.24) is 5.43 Å². The lowest BCUT2D eigenvalue weighted by Crippen LogP contribution is -2.25. The van der Waals surface area contributed by atoms with Crippen LogP contribution in [0.2, 0.25) is 0 Å². The predicted molar refractivity (Wildman–Crippen MR) is 84.5 cm³/mol. The third-order valence-electron chi connectivity index (χ3n) is 3.22. The number of benzene rings is 1. The summed E-state index contributed by atoms with van der Waals surface area (Å²) in [5, 5.41) is 13.4. The molecule has 22 heavy (non-hydrogen) atoms. The topological polar surface area (TPSA) is 91.1 Å². The lowest BCUT2D eigenvalue weighted by molar-refractivity contribution is -0.121. The molecule has 0 aliphatic carbocycles. The molecule has 6 heteroatoms. The zero-order valence-electron chi connectivity index (χ0n) is 12.5. The van der Waals surface area contributed by atoms with E-state index < -0.39 is 0 Å². The van der Waals surface area contributed by atoms with Gasteiger partial charge in [0.1, 0.15) is 5.76 Å². The molecule has 0 radical (unpaired) electrons. The van der Waals surface area contributed by atoms with Gasteiger partial charge in [-0.3, -0.25) is 14.6 Å². The molecule has 0 bridgehead atoms. The molecule has 0 spiro atoms. The quantitative estimate of drug-likeness (QED) is 0.508. The van der Waals surface area contributed by atoms with Crippen LogP contribution in [0.15, 0.2) is 45.7 Å². The summed E-state index contributed by atoms with van der Waals surface area (Å²) in [5.41, 5.74) is 5.04. The summed E-state index contributed by atoms with van der Waals surface area (Å²) in [5.74, 6) is -0.374. The number of allylic oxidation sites excluding steroid dienone is 2. The maximum atomic E-state index is 11.3. The third-order valence-corrected chi connectivity index (χ3v) is 3.22. The average molecular weight is 299 g/mol. The van der Waals surface area contributed by atoms with Crippen LogP contribution in [0.3, 0.4) is 0 Å². The van der Waals surface area contributed by atoms with Crippen LogP contribution in [0.25, 0.3) is 0 Å². The molecular weight excluding hydrogens is 282 g/mol. The number of hydrazone groups is 1. The molecule has 0 saturated carbocycles. The van der Waals surface area contributed by atoms with Crippen LogP contribution in [0.5, 0.6) is 0 Å². The summed E-state index contributed by atoms with van der Waals surface area (Å²) in [7, 11) is 0. The van der Waals surface area contributed by atoms with E-state index in [9.17, 15) is 14.7 Å². The molecule has 0 atom stereocenters. The summed E-state index contributed by atoms with van der Waals surface area (Å²) in [6.45, 7) is 2.82. The fourth-order valence-corrected chi connectivity index (χ4v) is 2.00. The summed E-state index contributed by atoms with van der Waals surface area (Å²) < 4.78 is 0. The Kier molecular flexibility index (Phi) is 4.83. The van der Waals surface area contributed by atoms with Gasteiger partial charge < -0.3 is 5.11 Å². The summed E-state index contributed by atoms with van der Waals surface area (Å²) in [4.78, 5) is 26.6. The second-order valence-electron chi connectivity index (χ2n) is 4.95. The Bertz CT molecular complexity index is 681. The number of hydrogen-bond acceptors (Lipinski definition) is 5. The third kappa shape index (κ3) is 3.88. The molecule has 0 aromatic heterocycles. The van der Waals surface area contributed by atoms with Gasteiger partial charge in [-0.1, -0.05) is 12.1 Å². The van der Waals surface area contributed by atoms with Crippen molar-refractivity contribution in [1.29, 1.82) is 0 Å². The van der Waals surface area contributed by atoms with E-state index in [4.69, 9.17) is 0 Å². The van der Waals surface area contributed by atoms with Crippen LogP contribution in [0, 0.1) is 0 Å². The molecule has 114 valence electrons. The van der Waals surface area contributed by atoms with Gasteiger partial charge in [0.15, 0.2) is 5.78 Å². The van der Waals surface area contributed by atoms with Crippen molar-refractivity contribution >= 4 is 29.3 Å². The maximum Gasteiger partial charge on any atom is 0.240 e. The molecule has 1 heterocycles. The van der Waals surface area contributed by atoms with Crippen LogP contribution in [-0.4, -0.2) is 28.7 Å². The van der Waals surface area contributed by atoms with E-state index in [1.54, 1.807) is 12.1 Å². The Labute approximate surface area is 128 Å². The molecule has 0 saturated heterocycles. The molecule has 1 aromatic rings. The van der Waals surface area contributed by atoms with E-state index in [0.717, 1.165) is 11.3 Å². The van der Waals surface area contributed by atoms with Crippen molar-refractivity contribution in [3.05, 3.63) is 41.2 Å². The van der Waals surface area contributed by atoms with E-state index in [1.165, 1.54) is 20.1 Å². The van der Waals surface area contributed by atoms with E-state index in [-0.39, 0.29) is 23.0 Å². The summed E-state index contributed by atoms with van der Waals surface area (Å²) in [6, 6.07) is 7.28. The lowest BCUT2D eigenvalue weighted by atomic mass is 10.0. The molecular formula is C16H17N3O3. The van der Waals surface area contributed by atoms with Crippen molar-refractivity contribution in [3.8, 4) is 0 Å². The molecule has 1 aliphatic heterocycles. The number of aliphatic imine (C=N–C) groups is 1. The SMILES string of the molecule is CC(=O)C(C=Nc1ccc(C2=NNC(=O)CC2)cc1)=C(C)O. The zero-order chi connectivity index (χ0) is 16.1.